The molecule has 1 saturated carbocycles. The average Bonchev–Trinajstić information content (AvgIpc) is 3.27. The van der Waals surface area contributed by atoms with E-state index in [9.17, 15) is 14.4 Å². The van der Waals surface area contributed by atoms with E-state index < -0.39 is 0 Å². The smallest absolute Gasteiger partial charge is 0.260 e. The Morgan fingerprint density at radius 3 is 2.65 bits per heavy atom. The summed E-state index contributed by atoms with van der Waals surface area (Å²) in [5.74, 6) is 0.102. The quantitative estimate of drug-likeness (QED) is 0.624. The molecular weight excluding hydrogens is 254 g/mol. The third kappa shape index (κ3) is 2.05. The van der Waals surface area contributed by atoms with Gasteiger partial charge in [-0.3, -0.25) is 19.3 Å². The van der Waals surface area contributed by atoms with Gasteiger partial charge >= 0.3 is 0 Å². The minimum absolute atomic E-state index is 0.0195. The molecule has 2 aliphatic rings. The maximum Gasteiger partial charge on any atom is 0.260 e. The van der Waals surface area contributed by atoms with Crippen LogP contribution in [0.1, 0.15) is 46.0 Å². The highest BCUT2D eigenvalue weighted by atomic mass is 16.2. The molecule has 1 atom stereocenters. The summed E-state index contributed by atoms with van der Waals surface area (Å²) in [6.07, 6.45) is 2.46. The van der Waals surface area contributed by atoms with Gasteiger partial charge < -0.3 is 0 Å². The number of benzene rings is 1. The van der Waals surface area contributed by atoms with Crippen molar-refractivity contribution in [1.82, 2.24) is 4.90 Å². The van der Waals surface area contributed by atoms with Gasteiger partial charge in [-0.15, -0.1) is 0 Å². The van der Waals surface area contributed by atoms with Gasteiger partial charge in [0.05, 0.1) is 6.42 Å². The number of hydrogen-bond donors (Lipinski definition) is 0. The van der Waals surface area contributed by atoms with E-state index in [-0.39, 0.29) is 29.9 Å². The summed E-state index contributed by atoms with van der Waals surface area (Å²) in [7, 11) is 1.48. The molecule has 0 radical (unpaired) electrons. The van der Waals surface area contributed by atoms with Gasteiger partial charge in [0.2, 0.25) is 5.91 Å². The van der Waals surface area contributed by atoms with E-state index >= 15 is 0 Å². The number of imide groups is 1. The lowest BCUT2D eigenvalue weighted by Gasteiger charge is -2.23. The molecule has 1 aliphatic carbocycles. The molecule has 104 valence electrons. The fourth-order valence-electron chi connectivity index (χ4n) is 2.73. The minimum Gasteiger partial charge on any atom is -0.294 e. The summed E-state index contributed by atoms with van der Waals surface area (Å²) in [6, 6.07) is 5.14. The average molecular weight is 271 g/mol. The van der Waals surface area contributed by atoms with E-state index in [4.69, 9.17) is 0 Å². The highest BCUT2D eigenvalue weighted by Crippen LogP contribution is 2.38. The second kappa shape index (κ2) is 4.54. The topological polar surface area (TPSA) is 54.5 Å². The van der Waals surface area contributed by atoms with Gasteiger partial charge in [0, 0.05) is 24.1 Å². The predicted molar refractivity (Wildman–Crippen MR) is 73.5 cm³/mol. The van der Waals surface area contributed by atoms with Gasteiger partial charge in [0.15, 0.2) is 5.78 Å². The van der Waals surface area contributed by atoms with Crippen molar-refractivity contribution in [2.24, 2.45) is 11.8 Å². The molecule has 2 amide bonds. The maximum atomic E-state index is 12.4. The molecule has 0 N–H and O–H groups in total. The SMILES string of the molecule is CC(C(=O)c1ccc2c(c1)C(=O)N(C)C(=O)C2)C1CC1. The number of carbonyl (C=O) groups excluding carboxylic acids is 3. The molecular formula is C16H17NO3. The van der Waals surface area contributed by atoms with Crippen LogP contribution in [-0.2, 0) is 11.2 Å². The first-order valence-corrected chi connectivity index (χ1v) is 6.97. The van der Waals surface area contributed by atoms with Gasteiger partial charge in [-0.2, -0.15) is 0 Å². The van der Waals surface area contributed by atoms with Crippen molar-refractivity contribution in [3.63, 3.8) is 0 Å². The summed E-state index contributed by atoms with van der Waals surface area (Å²) >= 11 is 0. The molecule has 0 spiro atoms. The van der Waals surface area contributed by atoms with Crippen molar-refractivity contribution in [2.45, 2.75) is 26.2 Å². The molecule has 1 aromatic carbocycles. The first kappa shape index (κ1) is 13.0. The number of likely N-dealkylation sites (N-methyl/N-ethyl adjacent to an activating group) is 1. The first-order chi connectivity index (χ1) is 9.49. The van der Waals surface area contributed by atoms with E-state index in [0.29, 0.717) is 22.6 Å². The van der Waals surface area contributed by atoms with Crippen LogP contribution in [0.15, 0.2) is 18.2 Å². The summed E-state index contributed by atoms with van der Waals surface area (Å²) in [5.41, 5.74) is 1.79. The monoisotopic (exact) mass is 271 g/mol. The number of carbonyl (C=O) groups is 3. The minimum atomic E-state index is -0.315. The molecule has 1 heterocycles. The molecule has 1 unspecified atom stereocenters. The Bertz CT molecular complexity index is 616. The highest BCUT2D eigenvalue weighted by Gasteiger charge is 2.34. The van der Waals surface area contributed by atoms with Crippen molar-refractivity contribution in [1.29, 1.82) is 0 Å². The van der Waals surface area contributed by atoms with Crippen molar-refractivity contribution in [2.75, 3.05) is 7.05 Å². The van der Waals surface area contributed by atoms with Crippen molar-refractivity contribution in [3.8, 4) is 0 Å². The number of fused-ring (bicyclic) bond motifs is 1. The molecule has 1 aromatic rings. The molecule has 4 nitrogen and oxygen atoms in total. The van der Waals surface area contributed by atoms with Gasteiger partial charge in [-0.1, -0.05) is 19.1 Å². The van der Waals surface area contributed by atoms with Crippen LogP contribution in [0.4, 0.5) is 0 Å². The van der Waals surface area contributed by atoms with Crippen molar-refractivity contribution < 1.29 is 14.4 Å². The van der Waals surface area contributed by atoms with Gasteiger partial charge in [0.1, 0.15) is 0 Å². The van der Waals surface area contributed by atoms with Gasteiger partial charge in [-0.25, -0.2) is 0 Å². The lowest BCUT2D eigenvalue weighted by Crippen LogP contribution is -2.39. The molecule has 1 aliphatic heterocycles. The summed E-state index contributed by atoms with van der Waals surface area (Å²) in [6.45, 7) is 1.96. The number of nitrogens with zero attached hydrogens (tertiary/aromatic N) is 1. The molecule has 0 aromatic heterocycles. The zero-order valence-electron chi connectivity index (χ0n) is 11.7. The van der Waals surface area contributed by atoms with Gasteiger partial charge in [0.25, 0.3) is 5.91 Å². The Kier molecular flexibility index (Phi) is 2.96. The largest absolute Gasteiger partial charge is 0.294 e. The second-order valence-electron chi connectivity index (χ2n) is 5.80. The molecule has 1 fully saturated rings. The number of amides is 2. The van der Waals surface area contributed by atoms with Crippen LogP contribution in [0.2, 0.25) is 0 Å². The van der Waals surface area contributed by atoms with Gasteiger partial charge in [-0.05, 0) is 30.4 Å². The van der Waals surface area contributed by atoms with Crippen LogP contribution in [0.25, 0.3) is 0 Å². The Balaban J connectivity index is 1.94. The van der Waals surface area contributed by atoms with E-state index in [1.54, 1.807) is 18.2 Å². The van der Waals surface area contributed by atoms with Crippen LogP contribution in [0, 0.1) is 11.8 Å². The summed E-state index contributed by atoms with van der Waals surface area (Å²) in [5, 5.41) is 0. The lowest BCUT2D eigenvalue weighted by molar-refractivity contribution is -0.127. The molecule has 0 saturated heterocycles. The second-order valence-corrected chi connectivity index (χ2v) is 5.80. The molecule has 4 heteroatoms. The number of ketones is 1. The Morgan fingerprint density at radius 2 is 2.00 bits per heavy atom. The zero-order valence-corrected chi connectivity index (χ0v) is 11.7. The van der Waals surface area contributed by atoms with E-state index in [1.165, 1.54) is 7.05 Å². The Morgan fingerprint density at radius 1 is 1.30 bits per heavy atom. The van der Waals surface area contributed by atoms with Crippen LogP contribution in [0.3, 0.4) is 0 Å². The van der Waals surface area contributed by atoms with Crippen LogP contribution < -0.4 is 0 Å². The number of rotatable bonds is 3. The van der Waals surface area contributed by atoms with Crippen molar-refractivity contribution in [3.05, 3.63) is 34.9 Å². The predicted octanol–water partition coefficient (Wildman–Crippen LogP) is 2.07. The van der Waals surface area contributed by atoms with Crippen LogP contribution >= 0.6 is 0 Å². The van der Waals surface area contributed by atoms with Crippen LogP contribution in [-0.4, -0.2) is 29.5 Å². The standard InChI is InChI=1S/C16H17NO3/c1-9(10-3-4-10)15(19)12-6-5-11-8-14(18)17(2)16(20)13(11)7-12/h5-7,9-10H,3-4,8H2,1-2H3. The molecule has 0 bridgehead atoms. The maximum absolute atomic E-state index is 12.4. The summed E-state index contributed by atoms with van der Waals surface area (Å²) < 4.78 is 0. The summed E-state index contributed by atoms with van der Waals surface area (Å²) in [4.78, 5) is 37.2. The molecule has 3 rings (SSSR count). The van der Waals surface area contributed by atoms with Crippen LogP contribution in [0.5, 0.6) is 0 Å². The normalized spacial score (nSPS) is 19.8. The number of Topliss-reactive ketones (excluding diaryl/α,β-unsaturated/α-hetero) is 1. The molecule has 20 heavy (non-hydrogen) atoms. The fourth-order valence-corrected chi connectivity index (χ4v) is 2.73. The van der Waals surface area contributed by atoms with E-state index in [0.717, 1.165) is 17.7 Å². The lowest BCUT2D eigenvalue weighted by atomic mass is 9.90. The third-order valence-electron chi connectivity index (χ3n) is 4.39. The zero-order chi connectivity index (χ0) is 14.4. The number of hydrogen-bond acceptors (Lipinski definition) is 3. The van der Waals surface area contributed by atoms with Crippen molar-refractivity contribution >= 4 is 17.6 Å². The van der Waals surface area contributed by atoms with E-state index in [1.807, 2.05) is 6.92 Å². The Hall–Kier alpha value is -1.97. The first-order valence-electron chi connectivity index (χ1n) is 6.97. The fraction of sp³-hybridized carbons (Fsp3) is 0.438. The Labute approximate surface area is 117 Å². The van der Waals surface area contributed by atoms with E-state index in [2.05, 4.69) is 0 Å². The third-order valence-corrected chi connectivity index (χ3v) is 4.39. The highest BCUT2D eigenvalue weighted by molar-refractivity contribution is 6.11.